The third kappa shape index (κ3) is 2.01. The first-order chi connectivity index (χ1) is 9.42. The summed E-state index contributed by atoms with van der Waals surface area (Å²) in [7, 11) is 0. The predicted octanol–water partition coefficient (Wildman–Crippen LogP) is 4.35. The molecule has 4 saturated carbocycles. The number of nitrogens with zero attached hydrogens (tertiary/aromatic N) is 2. The van der Waals surface area contributed by atoms with Crippen LogP contribution in [0.3, 0.4) is 0 Å². The van der Waals surface area contributed by atoms with Crippen molar-refractivity contribution < 1.29 is 4.52 Å². The maximum Gasteiger partial charge on any atom is 0.227 e. The lowest BCUT2D eigenvalue weighted by Gasteiger charge is -2.65. The van der Waals surface area contributed by atoms with E-state index in [4.69, 9.17) is 16.1 Å². The van der Waals surface area contributed by atoms with Gasteiger partial charge in [0.15, 0.2) is 5.82 Å². The summed E-state index contributed by atoms with van der Waals surface area (Å²) in [5, 5.41) is 3.95. The zero-order chi connectivity index (χ0) is 14.0. The summed E-state index contributed by atoms with van der Waals surface area (Å²) < 4.78 is 5.41. The standard InChI is InChI=1S/C16H23ClN2O/c1-14-3-11-4-15(2,8-14)10-16(5-11,9-14)6-13-18-12(7-17)19-20-13/h11H,3-10H2,1-2H3. The van der Waals surface area contributed by atoms with Gasteiger partial charge in [-0.3, -0.25) is 0 Å². The van der Waals surface area contributed by atoms with Crippen LogP contribution in [0.5, 0.6) is 0 Å². The molecule has 0 spiro atoms. The molecule has 5 rings (SSSR count). The highest BCUT2D eigenvalue weighted by molar-refractivity contribution is 6.16. The summed E-state index contributed by atoms with van der Waals surface area (Å²) >= 11 is 5.78. The Kier molecular flexibility index (Phi) is 2.62. The lowest BCUT2D eigenvalue weighted by molar-refractivity contribution is -0.146. The molecule has 1 aromatic heterocycles. The van der Waals surface area contributed by atoms with Gasteiger partial charge in [0.05, 0.1) is 5.88 Å². The molecule has 0 saturated heterocycles. The van der Waals surface area contributed by atoms with E-state index in [9.17, 15) is 0 Å². The minimum atomic E-state index is 0.342. The lowest BCUT2D eigenvalue weighted by Crippen LogP contribution is -2.55. The molecule has 4 aliphatic carbocycles. The van der Waals surface area contributed by atoms with Gasteiger partial charge in [-0.1, -0.05) is 19.0 Å². The van der Waals surface area contributed by atoms with Crippen molar-refractivity contribution in [3.63, 3.8) is 0 Å². The van der Waals surface area contributed by atoms with E-state index in [2.05, 4.69) is 24.0 Å². The summed E-state index contributed by atoms with van der Waals surface area (Å²) in [5.41, 5.74) is 1.49. The maximum absolute atomic E-state index is 5.78. The Morgan fingerprint density at radius 3 is 2.40 bits per heavy atom. The molecule has 0 N–H and O–H groups in total. The van der Waals surface area contributed by atoms with Gasteiger partial charge in [-0.25, -0.2) is 0 Å². The van der Waals surface area contributed by atoms with Crippen LogP contribution < -0.4 is 0 Å². The first kappa shape index (κ1) is 13.1. The molecule has 2 unspecified atom stereocenters. The number of hydrogen-bond donors (Lipinski definition) is 0. The molecule has 0 radical (unpaired) electrons. The molecule has 4 heteroatoms. The Balaban J connectivity index is 1.63. The van der Waals surface area contributed by atoms with Crippen LogP contribution in [0.2, 0.25) is 0 Å². The number of alkyl halides is 1. The lowest BCUT2D eigenvalue weighted by atomic mass is 9.40. The molecular formula is C16H23ClN2O. The molecule has 110 valence electrons. The van der Waals surface area contributed by atoms with Crippen LogP contribution in [-0.2, 0) is 12.3 Å². The molecule has 4 aliphatic rings. The van der Waals surface area contributed by atoms with E-state index in [1.165, 1.54) is 38.5 Å². The van der Waals surface area contributed by atoms with Gasteiger partial charge in [-0.15, -0.1) is 11.6 Å². The van der Waals surface area contributed by atoms with Crippen LogP contribution in [0.25, 0.3) is 0 Å². The van der Waals surface area contributed by atoms with Gasteiger partial charge in [0.2, 0.25) is 5.89 Å². The van der Waals surface area contributed by atoms with E-state index >= 15 is 0 Å². The molecule has 3 nitrogen and oxygen atoms in total. The normalized spacial score (nSPS) is 46.0. The van der Waals surface area contributed by atoms with E-state index in [0.717, 1.165) is 18.2 Å². The van der Waals surface area contributed by atoms with Crippen molar-refractivity contribution >= 4 is 11.6 Å². The average molecular weight is 295 g/mol. The van der Waals surface area contributed by atoms with Gasteiger partial charge in [-0.2, -0.15) is 4.98 Å². The number of hydrogen-bond acceptors (Lipinski definition) is 3. The smallest absolute Gasteiger partial charge is 0.227 e. The fourth-order valence-corrected chi connectivity index (χ4v) is 6.73. The zero-order valence-electron chi connectivity index (χ0n) is 12.4. The molecule has 1 heterocycles. The van der Waals surface area contributed by atoms with E-state index in [1.807, 2.05) is 0 Å². The molecule has 4 bridgehead atoms. The van der Waals surface area contributed by atoms with Gasteiger partial charge in [-0.05, 0) is 60.7 Å². The third-order valence-electron chi connectivity index (χ3n) is 5.90. The van der Waals surface area contributed by atoms with Gasteiger partial charge >= 0.3 is 0 Å². The molecule has 0 aromatic carbocycles. The summed E-state index contributed by atoms with van der Waals surface area (Å²) in [4.78, 5) is 4.44. The summed E-state index contributed by atoms with van der Waals surface area (Å²) in [6, 6.07) is 0. The van der Waals surface area contributed by atoms with Crippen molar-refractivity contribution in [2.75, 3.05) is 0 Å². The first-order valence-electron chi connectivity index (χ1n) is 7.79. The van der Waals surface area contributed by atoms with Gasteiger partial charge in [0.1, 0.15) is 0 Å². The second kappa shape index (κ2) is 4.00. The van der Waals surface area contributed by atoms with Gasteiger partial charge in [0.25, 0.3) is 0 Å². The van der Waals surface area contributed by atoms with Crippen LogP contribution in [0, 0.1) is 22.2 Å². The van der Waals surface area contributed by atoms with Crippen molar-refractivity contribution in [1.82, 2.24) is 10.1 Å². The van der Waals surface area contributed by atoms with E-state index < -0.39 is 0 Å². The summed E-state index contributed by atoms with van der Waals surface area (Å²) in [6.07, 6.45) is 9.27. The highest BCUT2D eigenvalue weighted by Gasteiger charge is 2.60. The molecule has 0 aliphatic heterocycles. The van der Waals surface area contributed by atoms with Gasteiger partial charge in [0, 0.05) is 6.42 Å². The van der Waals surface area contributed by atoms with Gasteiger partial charge < -0.3 is 4.52 Å². The Hall–Kier alpha value is -0.570. The fraction of sp³-hybridized carbons (Fsp3) is 0.875. The first-order valence-corrected chi connectivity index (χ1v) is 8.33. The van der Waals surface area contributed by atoms with E-state index in [1.54, 1.807) is 0 Å². The Morgan fingerprint density at radius 2 is 1.85 bits per heavy atom. The summed E-state index contributed by atoms with van der Waals surface area (Å²) in [5.74, 6) is 2.68. The van der Waals surface area contributed by atoms with Crippen molar-refractivity contribution in [3.05, 3.63) is 11.7 Å². The van der Waals surface area contributed by atoms with E-state index in [0.29, 0.717) is 27.9 Å². The second-order valence-electron chi connectivity index (χ2n) is 8.54. The van der Waals surface area contributed by atoms with Crippen molar-refractivity contribution in [2.24, 2.45) is 22.2 Å². The maximum atomic E-state index is 5.78. The minimum Gasteiger partial charge on any atom is -0.339 e. The fourth-order valence-electron chi connectivity index (χ4n) is 6.62. The Morgan fingerprint density at radius 1 is 1.15 bits per heavy atom. The minimum absolute atomic E-state index is 0.342. The molecule has 0 amide bonds. The van der Waals surface area contributed by atoms with Crippen LogP contribution >= 0.6 is 11.6 Å². The molecule has 1 aromatic rings. The Labute approximate surface area is 125 Å². The molecule has 20 heavy (non-hydrogen) atoms. The topological polar surface area (TPSA) is 38.9 Å². The van der Waals surface area contributed by atoms with Crippen molar-refractivity contribution in [1.29, 1.82) is 0 Å². The average Bonchev–Trinajstić information content (AvgIpc) is 2.70. The Bertz CT molecular complexity index is 522. The number of aromatic nitrogens is 2. The molecular weight excluding hydrogens is 272 g/mol. The van der Waals surface area contributed by atoms with E-state index in [-0.39, 0.29) is 0 Å². The quantitative estimate of drug-likeness (QED) is 0.778. The zero-order valence-corrected chi connectivity index (χ0v) is 13.2. The van der Waals surface area contributed by atoms with Crippen molar-refractivity contribution in [2.45, 2.75) is 64.7 Å². The van der Waals surface area contributed by atoms with Crippen LogP contribution in [0.4, 0.5) is 0 Å². The monoisotopic (exact) mass is 294 g/mol. The highest BCUT2D eigenvalue weighted by Crippen LogP contribution is 2.70. The molecule has 4 fully saturated rings. The predicted molar refractivity (Wildman–Crippen MR) is 77.4 cm³/mol. The van der Waals surface area contributed by atoms with Crippen LogP contribution in [-0.4, -0.2) is 10.1 Å². The SMILES string of the molecule is CC12CC3CC(C)(C1)CC(Cc1nc(CCl)no1)(C3)C2. The summed E-state index contributed by atoms with van der Waals surface area (Å²) in [6.45, 7) is 5.00. The highest BCUT2D eigenvalue weighted by atomic mass is 35.5. The second-order valence-corrected chi connectivity index (χ2v) is 8.81. The van der Waals surface area contributed by atoms with Crippen LogP contribution in [0.1, 0.15) is 64.1 Å². The third-order valence-corrected chi connectivity index (χ3v) is 6.14. The van der Waals surface area contributed by atoms with Crippen molar-refractivity contribution in [3.8, 4) is 0 Å². The number of halogens is 1. The molecule has 2 atom stereocenters. The number of rotatable bonds is 3. The largest absolute Gasteiger partial charge is 0.339 e. The van der Waals surface area contributed by atoms with Crippen LogP contribution in [0.15, 0.2) is 4.52 Å².